The molecular weight excluding hydrogens is 281 g/mol. The van der Waals surface area contributed by atoms with Crippen LogP contribution in [0.2, 0.25) is 0 Å². The number of rotatable bonds is 5. The van der Waals surface area contributed by atoms with Crippen molar-refractivity contribution in [3.63, 3.8) is 0 Å². The minimum Gasteiger partial charge on any atom is -0.478 e. The summed E-state index contributed by atoms with van der Waals surface area (Å²) in [5.74, 6) is -2.38. The van der Waals surface area contributed by atoms with Crippen molar-refractivity contribution in [1.82, 2.24) is 10.6 Å². The normalized spacial score (nSPS) is 10.1. The summed E-state index contributed by atoms with van der Waals surface area (Å²) < 4.78 is 13.1. The Morgan fingerprint density at radius 2 is 1.95 bits per heavy atom. The smallest absolute Gasteiger partial charge is 0.337 e. The van der Waals surface area contributed by atoms with E-state index in [0.29, 0.717) is 0 Å². The molecule has 7 nitrogen and oxygen atoms in total. The molecule has 3 amide bonds. The van der Waals surface area contributed by atoms with Crippen molar-refractivity contribution < 1.29 is 23.9 Å². The van der Waals surface area contributed by atoms with Gasteiger partial charge in [0.25, 0.3) is 0 Å². The molecule has 0 fully saturated rings. The molecule has 4 N–H and O–H groups in total. The Hall–Kier alpha value is -2.64. The van der Waals surface area contributed by atoms with Crippen LogP contribution in [0.15, 0.2) is 18.2 Å². The first-order valence-electron chi connectivity index (χ1n) is 6.16. The molecule has 0 aliphatic carbocycles. The van der Waals surface area contributed by atoms with E-state index in [1.54, 1.807) is 13.8 Å². The Morgan fingerprint density at radius 3 is 2.52 bits per heavy atom. The number of anilines is 1. The van der Waals surface area contributed by atoms with Crippen molar-refractivity contribution in [2.45, 2.75) is 19.9 Å². The molecule has 0 spiro atoms. The van der Waals surface area contributed by atoms with Gasteiger partial charge in [-0.1, -0.05) is 0 Å². The molecular formula is C13H16FN3O4. The van der Waals surface area contributed by atoms with Crippen molar-refractivity contribution >= 4 is 23.6 Å². The van der Waals surface area contributed by atoms with Gasteiger partial charge in [-0.25, -0.2) is 14.0 Å². The molecule has 8 heteroatoms. The van der Waals surface area contributed by atoms with Crippen LogP contribution in [0.3, 0.4) is 0 Å². The van der Waals surface area contributed by atoms with Crippen LogP contribution < -0.4 is 16.0 Å². The number of carbonyl (C=O) groups excluding carboxylic acids is 2. The first-order chi connectivity index (χ1) is 9.79. The highest BCUT2D eigenvalue weighted by Gasteiger charge is 2.14. The molecule has 0 unspecified atom stereocenters. The molecule has 0 atom stereocenters. The van der Waals surface area contributed by atoms with Gasteiger partial charge in [-0.05, 0) is 32.0 Å². The Balaban J connectivity index is 2.65. The Morgan fingerprint density at radius 1 is 1.29 bits per heavy atom. The number of carbonyl (C=O) groups is 3. The number of nitrogens with one attached hydrogen (secondary N) is 3. The maximum atomic E-state index is 13.1. The SMILES string of the molecule is CC(C)NC(=O)CNC(=O)Nc1cc(F)ccc1C(=O)O. The van der Waals surface area contributed by atoms with Crippen molar-refractivity contribution in [2.75, 3.05) is 11.9 Å². The monoisotopic (exact) mass is 297 g/mol. The van der Waals surface area contributed by atoms with Crippen LogP contribution in [0.25, 0.3) is 0 Å². The summed E-state index contributed by atoms with van der Waals surface area (Å²) in [6.45, 7) is 3.26. The van der Waals surface area contributed by atoms with Crippen molar-refractivity contribution in [3.8, 4) is 0 Å². The van der Waals surface area contributed by atoms with Gasteiger partial charge in [-0.15, -0.1) is 0 Å². The van der Waals surface area contributed by atoms with Crippen LogP contribution >= 0.6 is 0 Å². The second kappa shape index (κ2) is 7.22. The summed E-state index contributed by atoms with van der Waals surface area (Å²) in [5.41, 5.74) is -0.442. The van der Waals surface area contributed by atoms with Gasteiger partial charge >= 0.3 is 12.0 Å². The molecule has 0 saturated carbocycles. The van der Waals surface area contributed by atoms with Crippen LogP contribution in [-0.4, -0.2) is 35.6 Å². The zero-order valence-corrected chi connectivity index (χ0v) is 11.6. The van der Waals surface area contributed by atoms with Crippen LogP contribution in [0.1, 0.15) is 24.2 Å². The van der Waals surface area contributed by atoms with E-state index in [2.05, 4.69) is 16.0 Å². The van der Waals surface area contributed by atoms with E-state index in [9.17, 15) is 18.8 Å². The zero-order valence-electron chi connectivity index (χ0n) is 11.6. The molecule has 0 heterocycles. The van der Waals surface area contributed by atoms with Gasteiger partial charge in [0.2, 0.25) is 5.91 Å². The largest absolute Gasteiger partial charge is 0.478 e. The molecule has 1 aromatic rings. The second-order valence-electron chi connectivity index (χ2n) is 4.52. The summed E-state index contributed by atoms with van der Waals surface area (Å²) >= 11 is 0. The second-order valence-corrected chi connectivity index (χ2v) is 4.52. The predicted molar refractivity (Wildman–Crippen MR) is 73.7 cm³/mol. The van der Waals surface area contributed by atoms with E-state index in [1.165, 1.54) is 0 Å². The molecule has 0 bridgehead atoms. The van der Waals surface area contributed by atoms with Crippen LogP contribution in [0, 0.1) is 5.82 Å². The van der Waals surface area contributed by atoms with Gasteiger partial charge < -0.3 is 21.1 Å². The lowest BCUT2D eigenvalue weighted by Crippen LogP contribution is -2.41. The number of carboxylic acid groups (broad SMARTS) is 1. The average molecular weight is 297 g/mol. The van der Waals surface area contributed by atoms with Gasteiger partial charge in [-0.2, -0.15) is 0 Å². The molecule has 0 aliphatic rings. The third-order valence-corrected chi connectivity index (χ3v) is 2.32. The summed E-state index contributed by atoms with van der Waals surface area (Å²) in [4.78, 5) is 33.8. The van der Waals surface area contributed by atoms with Gasteiger partial charge in [0.1, 0.15) is 5.82 Å². The lowest BCUT2D eigenvalue weighted by Gasteiger charge is -2.11. The molecule has 21 heavy (non-hydrogen) atoms. The molecule has 1 aromatic carbocycles. The van der Waals surface area contributed by atoms with Gasteiger partial charge in [0.15, 0.2) is 0 Å². The number of hydrogen-bond donors (Lipinski definition) is 4. The van der Waals surface area contributed by atoms with Crippen molar-refractivity contribution in [3.05, 3.63) is 29.6 Å². The zero-order chi connectivity index (χ0) is 16.0. The van der Waals surface area contributed by atoms with E-state index in [0.717, 1.165) is 18.2 Å². The molecule has 0 aliphatic heterocycles. The number of halogens is 1. The summed E-state index contributed by atoms with van der Waals surface area (Å²) in [5, 5.41) is 15.9. The van der Waals surface area contributed by atoms with E-state index in [4.69, 9.17) is 5.11 Å². The highest BCUT2D eigenvalue weighted by molar-refractivity contribution is 6.00. The third kappa shape index (κ3) is 5.47. The van der Waals surface area contributed by atoms with Crippen molar-refractivity contribution in [2.24, 2.45) is 0 Å². The lowest BCUT2D eigenvalue weighted by atomic mass is 10.2. The average Bonchev–Trinajstić information content (AvgIpc) is 2.35. The van der Waals surface area contributed by atoms with Crippen LogP contribution in [0.4, 0.5) is 14.9 Å². The number of hydrogen-bond acceptors (Lipinski definition) is 3. The minimum absolute atomic E-state index is 0.0656. The van der Waals surface area contributed by atoms with Gasteiger partial charge in [-0.3, -0.25) is 4.79 Å². The number of carboxylic acids is 1. The summed E-state index contributed by atoms with van der Waals surface area (Å²) in [6, 6.07) is 2.03. The van der Waals surface area contributed by atoms with Crippen molar-refractivity contribution in [1.29, 1.82) is 0 Å². The van der Waals surface area contributed by atoms with E-state index >= 15 is 0 Å². The molecule has 1 rings (SSSR count). The van der Waals surface area contributed by atoms with Crippen LogP contribution in [-0.2, 0) is 4.79 Å². The number of urea groups is 1. The standard InChI is InChI=1S/C13H16FN3O4/c1-7(2)16-11(18)6-15-13(21)17-10-5-8(14)3-4-9(10)12(19)20/h3-5,7H,6H2,1-2H3,(H,16,18)(H,19,20)(H2,15,17,21). The number of aromatic carboxylic acids is 1. The van der Waals surface area contributed by atoms with E-state index in [1.807, 2.05) is 0 Å². The fraction of sp³-hybridized carbons (Fsp3) is 0.308. The van der Waals surface area contributed by atoms with Crippen LogP contribution in [0.5, 0.6) is 0 Å². The predicted octanol–water partition coefficient (Wildman–Crippen LogP) is 1.17. The molecule has 0 aromatic heterocycles. The van der Waals surface area contributed by atoms with E-state index in [-0.39, 0.29) is 23.8 Å². The summed E-state index contributed by atoms with van der Waals surface area (Å²) in [6.07, 6.45) is 0. The molecule has 0 saturated heterocycles. The fourth-order valence-electron chi connectivity index (χ4n) is 1.51. The fourth-order valence-corrected chi connectivity index (χ4v) is 1.51. The Kier molecular flexibility index (Phi) is 5.65. The molecule has 114 valence electrons. The summed E-state index contributed by atoms with van der Waals surface area (Å²) in [7, 11) is 0. The quantitative estimate of drug-likeness (QED) is 0.654. The Bertz CT molecular complexity index is 560. The first-order valence-corrected chi connectivity index (χ1v) is 6.16. The lowest BCUT2D eigenvalue weighted by molar-refractivity contribution is -0.120. The highest BCUT2D eigenvalue weighted by atomic mass is 19.1. The highest BCUT2D eigenvalue weighted by Crippen LogP contribution is 2.17. The Labute approximate surface area is 120 Å². The van der Waals surface area contributed by atoms with E-state index < -0.39 is 23.7 Å². The topological polar surface area (TPSA) is 108 Å². The number of benzene rings is 1. The van der Waals surface area contributed by atoms with Gasteiger partial charge in [0.05, 0.1) is 17.8 Å². The molecule has 0 radical (unpaired) electrons. The first kappa shape index (κ1) is 16.4. The maximum absolute atomic E-state index is 13.1. The minimum atomic E-state index is -1.30. The maximum Gasteiger partial charge on any atom is 0.337 e. The number of amides is 3. The van der Waals surface area contributed by atoms with Gasteiger partial charge in [0, 0.05) is 6.04 Å². The third-order valence-electron chi connectivity index (χ3n) is 2.32.